The second-order valence-electron chi connectivity index (χ2n) is 12.3. The van der Waals surface area contributed by atoms with Crippen LogP contribution < -0.4 is 4.74 Å². The maximum absolute atomic E-state index is 14.3. The molecule has 2 heterocycles. The molecule has 3 fully saturated rings. The van der Waals surface area contributed by atoms with Crippen molar-refractivity contribution >= 4 is 5.91 Å². The van der Waals surface area contributed by atoms with Crippen LogP contribution in [0.3, 0.4) is 0 Å². The van der Waals surface area contributed by atoms with Gasteiger partial charge in [-0.25, -0.2) is 0 Å². The minimum absolute atomic E-state index is 0.0479. The molecule has 7 nitrogen and oxygen atoms in total. The highest BCUT2D eigenvalue weighted by molar-refractivity contribution is 5.94. The second-order valence-corrected chi connectivity index (χ2v) is 12.3. The van der Waals surface area contributed by atoms with Crippen molar-refractivity contribution in [1.82, 2.24) is 4.90 Å². The van der Waals surface area contributed by atoms with Crippen LogP contribution in [-0.2, 0) is 16.6 Å². The molecule has 2 aromatic carbocycles. The zero-order valence-corrected chi connectivity index (χ0v) is 21.9. The van der Waals surface area contributed by atoms with Crippen LogP contribution in [0, 0.1) is 29.9 Å². The maximum atomic E-state index is 14.3. The summed E-state index contributed by atoms with van der Waals surface area (Å²) in [5.74, 6) is 6.38. The third-order valence-electron chi connectivity index (χ3n) is 10.2. The largest absolute Gasteiger partial charge is 0.632 e. The number of phenolic OH excluding ortho intramolecular Hbond substituents is 1. The van der Waals surface area contributed by atoms with Gasteiger partial charge in [0.1, 0.15) is 17.7 Å². The van der Waals surface area contributed by atoms with Crippen molar-refractivity contribution in [2.45, 2.75) is 74.7 Å². The quantitative estimate of drug-likeness (QED) is 0.373. The number of aromatic hydroxyl groups is 1. The van der Waals surface area contributed by atoms with Crippen LogP contribution in [0.2, 0.25) is 0 Å². The van der Waals surface area contributed by atoms with Gasteiger partial charge in [-0.05, 0) is 61.9 Å². The Morgan fingerprint density at radius 2 is 2.05 bits per heavy atom. The number of benzene rings is 2. The lowest BCUT2D eigenvalue weighted by Gasteiger charge is -2.68. The Hall–Kier alpha value is -3.05. The number of ether oxygens (including phenoxy) is 1. The third kappa shape index (κ3) is 3.17. The summed E-state index contributed by atoms with van der Waals surface area (Å²) in [6, 6.07) is 10.4. The molecule has 2 bridgehead atoms. The molecule has 0 radical (unpaired) electrons. The molecule has 7 heteroatoms. The molecule has 38 heavy (non-hydrogen) atoms. The number of amides is 1. The SMILES string of the molecule is Cc1cccc(C#CC(=O)N(C)C2CCC3(O)C4Cc5ccc(O)c6c5C3(CC[N+]4([O-])CC3CC3)C2O6)c1. The Kier molecular flexibility index (Phi) is 5.05. The van der Waals surface area contributed by atoms with Crippen molar-refractivity contribution in [3.63, 3.8) is 0 Å². The first-order valence-corrected chi connectivity index (χ1v) is 13.8. The van der Waals surface area contributed by atoms with Gasteiger partial charge in [0.2, 0.25) is 0 Å². The van der Waals surface area contributed by atoms with E-state index in [1.165, 1.54) is 0 Å². The standard InChI is InChI=1S/C31H34N2O5/c1-19-4-3-5-20(16-19)8-11-26(35)32(2)23-12-13-31(36)25-17-22-9-10-24(34)28-27(22)30(31,29(23)38-28)14-15-33(25,37)18-21-6-7-21/h3-5,9-10,16,21,23,25,29,34,36H,6-7,12-15,17-18H2,1-2H3. The molecular formula is C31H34N2O5. The van der Waals surface area contributed by atoms with Crippen molar-refractivity contribution in [3.8, 4) is 23.3 Å². The van der Waals surface area contributed by atoms with Crippen LogP contribution in [0.25, 0.3) is 0 Å². The molecule has 0 aromatic heterocycles. The van der Waals surface area contributed by atoms with E-state index in [2.05, 4.69) is 11.8 Å². The van der Waals surface area contributed by atoms with Crippen LogP contribution in [-0.4, -0.2) is 69.6 Å². The molecule has 6 atom stereocenters. The predicted octanol–water partition coefficient (Wildman–Crippen LogP) is 3.16. The van der Waals surface area contributed by atoms with E-state index in [-0.39, 0.29) is 22.3 Å². The summed E-state index contributed by atoms with van der Waals surface area (Å²) in [5.41, 5.74) is 1.61. The zero-order chi connectivity index (χ0) is 26.4. The molecule has 3 aliphatic carbocycles. The van der Waals surface area contributed by atoms with Crippen LogP contribution in [0.1, 0.15) is 54.4 Å². The number of carbonyl (C=O) groups is 1. The Bertz CT molecular complexity index is 1410. The van der Waals surface area contributed by atoms with Crippen molar-refractivity contribution in [2.75, 3.05) is 20.1 Å². The summed E-state index contributed by atoms with van der Waals surface area (Å²) >= 11 is 0. The van der Waals surface area contributed by atoms with E-state index in [9.17, 15) is 20.2 Å². The fraction of sp³-hybridized carbons (Fsp3) is 0.516. The van der Waals surface area contributed by atoms with Gasteiger partial charge in [0.05, 0.1) is 24.5 Å². The minimum Gasteiger partial charge on any atom is -0.632 e. The van der Waals surface area contributed by atoms with Gasteiger partial charge in [-0.2, -0.15) is 0 Å². The number of likely N-dealkylation sites (tertiary alicyclic amines) is 1. The summed E-state index contributed by atoms with van der Waals surface area (Å²) in [6.07, 6.45) is 3.49. The Balaban J connectivity index is 1.28. The Labute approximate surface area is 223 Å². The van der Waals surface area contributed by atoms with Gasteiger partial charge in [0.15, 0.2) is 11.5 Å². The average Bonchev–Trinajstić information content (AvgIpc) is 3.62. The van der Waals surface area contributed by atoms with Crippen LogP contribution in [0.5, 0.6) is 11.5 Å². The number of rotatable bonds is 3. The second kappa shape index (κ2) is 7.98. The molecule has 5 aliphatic rings. The number of quaternary nitrogens is 1. The predicted molar refractivity (Wildman–Crippen MR) is 141 cm³/mol. The highest BCUT2D eigenvalue weighted by atomic mass is 16.6. The van der Waals surface area contributed by atoms with Gasteiger partial charge in [-0.3, -0.25) is 4.79 Å². The third-order valence-corrected chi connectivity index (χ3v) is 10.2. The van der Waals surface area contributed by atoms with E-state index in [0.29, 0.717) is 50.4 Å². The fourth-order valence-corrected chi connectivity index (χ4v) is 8.21. The molecule has 198 valence electrons. The maximum Gasteiger partial charge on any atom is 0.298 e. The summed E-state index contributed by atoms with van der Waals surface area (Å²) in [6.45, 7) is 2.96. The average molecular weight is 515 g/mol. The molecule has 1 spiro atoms. The summed E-state index contributed by atoms with van der Waals surface area (Å²) in [4.78, 5) is 15.0. The smallest absolute Gasteiger partial charge is 0.298 e. The van der Waals surface area contributed by atoms with Gasteiger partial charge in [-0.15, -0.1) is 0 Å². The van der Waals surface area contributed by atoms with E-state index in [4.69, 9.17) is 4.74 Å². The molecule has 7 rings (SSSR count). The number of hydrogen-bond acceptors (Lipinski definition) is 5. The van der Waals surface area contributed by atoms with E-state index >= 15 is 0 Å². The monoisotopic (exact) mass is 514 g/mol. The van der Waals surface area contributed by atoms with Gasteiger partial charge >= 0.3 is 0 Å². The normalized spacial score (nSPS) is 35.9. The number of hydrogen-bond donors (Lipinski definition) is 2. The van der Waals surface area contributed by atoms with Crippen molar-refractivity contribution in [2.24, 2.45) is 5.92 Å². The highest BCUT2D eigenvalue weighted by Gasteiger charge is 2.76. The number of phenols is 1. The van der Waals surface area contributed by atoms with E-state index in [1.54, 1.807) is 18.0 Å². The number of carbonyl (C=O) groups excluding carboxylic acids is 1. The summed E-state index contributed by atoms with van der Waals surface area (Å²) < 4.78 is 6.18. The summed E-state index contributed by atoms with van der Waals surface area (Å²) in [5, 5.41) is 37.7. The van der Waals surface area contributed by atoms with Crippen molar-refractivity contribution in [3.05, 3.63) is 63.9 Å². The first kappa shape index (κ1) is 24.0. The van der Waals surface area contributed by atoms with Crippen LogP contribution >= 0.6 is 0 Å². The van der Waals surface area contributed by atoms with Crippen molar-refractivity contribution < 1.29 is 24.4 Å². The fourth-order valence-electron chi connectivity index (χ4n) is 8.21. The molecule has 6 unspecified atom stereocenters. The van der Waals surface area contributed by atoms with Crippen LogP contribution in [0.15, 0.2) is 36.4 Å². The van der Waals surface area contributed by atoms with Crippen LogP contribution in [0.4, 0.5) is 0 Å². The number of hydroxylamine groups is 3. The molecule has 2 aliphatic heterocycles. The number of likely N-dealkylation sites (N-methyl/N-ethyl adjacent to an activating group) is 1. The molecular weight excluding hydrogens is 480 g/mol. The van der Waals surface area contributed by atoms with Gasteiger partial charge in [0.25, 0.3) is 5.91 Å². The van der Waals surface area contributed by atoms with Gasteiger partial charge < -0.3 is 29.7 Å². The van der Waals surface area contributed by atoms with E-state index in [1.807, 2.05) is 37.3 Å². The lowest BCUT2D eigenvalue weighted by molar-refractivity contribution is -0.924. The Morgan fingerprint density at radius 1 is 1.24 bits per heavy atom. The molecule has 1 amide bonds. The molecule has 2 aromatic rings. The Morgan fingerprint density at radius 3 is 2.82 bits per heavy atom. The van der Waals surface area contributed by atoms with E-state index in [0.717, 1.165) is 35.1 Å². The van der Waals surface area contributed by atoms with Gasteiger partial charge in [-0.1, -0.05) is 24.1 Å². The molecule has 2 saturated carbocycles. The molecule has 1 saturated heterocycles. The number of piperidine rings is 1. The first-order valence-electron chi connectivity index (χ1n) is 13.8. The summed E-state index contributed by atoms with van der Waals surface area (Å²) in [7, 11) is 1.75. The first-order chi connectivity index (χ1) is 18.2. The minimum atomic E-state index is -1.26. The number of aryl methyl sites for hydroxylation is 1. The molecule has 2 N–H and O–H groups in total. The highest BCUT2D eigenvalue weighted by Crippen LogP contribution is 2.67. The zero-order valence-electron chi connectivity index (χ0n) is 21.9. The topological polar surface area (TPSA) is 93.1 Å². The lowest BCUT2D eigenvalue weighted by atomic mass is 9.48. The van der Waals surface area contributed by atoms with E-state index < -0.39 is 23.2 Å². The van der Waals surface area contributed by atoms with Crippen molar-refractivity contribution in [1.29, 1.82) is 0 Å². The lowest BCUT2D eigenvalue weighted by Crippen LogP contribution is -2.81. The number of aliphatic hydroxyl groups is 1. The van der Waals surface area contributed by atoms with Gasteiger partial charge in [0, 0.05) is 42.9 Å². The number of nitrogens with zero attached hydrogens (tertiary/aromatic N) is 2.